The van der Waals surface area contributed by atoms with Crippen molar-refractivity contribution >= 4 is 66.2 Å². The summed E-state index contributed by atoms with van der Waals surface area (Å²) in [6, 6.07) is 7.99. The minimum Gasteiger partial charge on any atom is -0.431 e. The van der Waals surface area contributed by atoms with E-state index in [4.69, 9.17) is 16.3 Å². The summed E-state index contributed by atoms with van der Waals surface area (Å²) < 4.78 is 6.66. The second-order valence-electron chi connectivity index (χ2n) is 5.34. The monoisotopic (exact) mass is 466 g/mol. The van der Waals surface area contributed by atoms with Gasteiger partial charge in [0.2, 0.25) is 0 Å². The molecule has 0 bridgehead atoms. The van der Waals surface area contributed by atoms with Gasteiger partial charge in [-0.05, 0) is 40.0 Å². The first-order valence-corrected chi connectivity index (χ1v) is 10.6. The second kappa shape index (κ2) is 7.87. The van der Waals surface area contributed by atoms with Crippen molar-refractivity contribution in [2.45, 2.75) is 6.42 Å². The molecule has 0 amide bonds. The molecule has 9 heteroatoms. The summed E-state index contributed by atoms with van der Waals surface area (Å²) in [5, 5.41) is 7.42. The van der Waals surface area contributed by atoms with E-state index in [1.54, 1.807) is 12.5 Å². The number of benzene rings is 1. The van der Waals surface area contributed by atoms with Crippen molar-refractivity contribution in [3.8, 4) is 10.9 Å². The van der Waals surface area contributed by atoms with E-state index in [0.29, 0.717) is 10.2 Å². The van der Waals surface area contributed by atoms with Gasteiger partial charge in [-0.25, -0.2) is 15.0 Å². The number of halogens is 2. The summed E-state index contributed by atoms with van der Waals surface area (Å²) in [6.07, 6.45) is 4.14. The van der Waals surface area contributed by atoms with Gasteiger partial charge >= 0.3 is 0 Å². The average Bonchev–Trinajstić information content (AvgIpc) is 3.23. The van der Waals surface area contributed by atoms with Gasteiger partial charge in [0, 0.05) is 11.9 Å². The van der Waals surface area contributed by atoms with Crippen LogP contribution in [0.4, 0.5) is 5.82 Å². The van der Waals surface area contributed by atoms with Gasteiger partial charge in [0.25, 0.3) is 5.19 Å². The van der Waals surface area contributed by atoms with Crippen molar-refractivity contribution in [2.24, 2.45) is 0 Å². The molecule has 26 heavy (non-hydrogen) atoms. The summed E-state index contributed by atoms with van der Waals surface area (Å²) in [5.41, 5.74) is 1.20. The number of nitrogens with zero attached hydrogens (tertiary/aromatic N) is 3. The van der Waals surface area contributed by atoms with Crippen molar-refractivity contribution < 1.29 is 4.74 Å². The zero-order valence-corrected chi connectivity index (χ0v) is 17.3. The van der Waals surface area contributed by atoms with E-state index in [1.807, 2.05) is 29.6 Å². The predicted octanol–water partition coefficient (Wildman–Crippen LogP) is 6.01. The Labute approximate surface area is 171 Å². The molecule has 4 aromatic rings. The van der Waals surface area contributed by atoms with Crippen LogP contribution in [0.3, 0.4) is 0 Å². The molecule has 4 rings (SSSR count). The number of hydrogen-bond donors (Lipinski definition) is 1. The van der Waals surface area contributed by atoms with Gasteiger partial charge in [0.05, 0.1) is 20.4 Å². The van der Waals surface area contributed by atoms with Crippen LogP contribution in [-0.4, -0.2) is 21.5 Å². The summed E-state index contributed by atoms with van der Waals surface area (Å²) in [4.78, 5) is 13.6. The lowest BCUT2D eigenvalue weighted by Crippen LogP contribution is -2.06. The maximum absolute atomic E-state index is 6.23. The Bertz CT molecular complexity index is 1030. The topological polar surface area (TPSA) is 59.9 Å². The van der Waals surface area contributed by atoms with Crippen molar-refractivity contribution in [3.63, 3.8) is 0 Å². The first-order valence-electron chi connectivity index (χ1n) is 7.69. The highest BCUT2D eigenvalue weighted by atomic mass is 79.9. The van der Waals surface area contributed by atoms with Crippen molar-refractivity contribution in [1.82, 2.24) is 15.0 Å². The number of fused-ring (bicyclic) bond motifs is 1. The van der Waals surface area contributed by atoms with Gasteiger partial charge in [0.1, 0.15) is 22.7 Å². The van der Waals surface area contributed by atoms with Gasteiger partial charge in [-0.15, -0.1) is 11.3 Å². The average molecular weight is 468 g/mol. The molecule has 0 saturated heterocycles. The van der Waals surface area contributed by atoms with E-state index in [-0.39, 0.29) is 0 Å². The van der Waals surface area contributed by atoms with E-state index in [2.05, 4.69) is 36.2 Å². The smallest absolute Gasteiger partial charge is 0.279 e. The molecule has 0 aliphatic rings. The zero-order valence-electron chi connectivity index (χ0n) is 13.3. The molecule has 3 heterocycles. The third kappa shape index (κ3) is 3.98. The number of ether oxygens (including phenoxy) is 1. The van der Waals surface area contributed by atoms with Crippen LogP contribution in [0.25, 0.3) is 10.2 Å². The largest absolute Gasteiger partial charge is 0.431 e. The summed E-state index contributed by atoms with van der Waals surface area (Å²) in [6.45, 7) is 0.748. The third-order valence-electron chi connectivity index (χ3n) is 3.62. The molecule has 0 atom stereocenters. The maximum atomic E-state index is 6.23. The minimum atomic E-state index is 0.617. The maximum Gasteiger partial charge on any atom is 0.279 e. The first-order chi connectivity index (χ1) is 12.7. The molecule has 1 aromatic carbocycles. The fourth-order valence-corrected chi connectivity index (χ4v) is 4.58. The van der Waals surface area contributed by atoms with E-state index in [9.17, 15) is 0 Å². The summed E-state index contributed by atoms with van der Waals surface area (Å²) in [7, 11) is 0. The molecule has 5 nitrogen and oxygen atoms in total. The Kier molecular flexibility index (Phi) is 5.35. The molecule has 132 valence electrons. The Morgan fingerprint density at radius 3 is 2.77 bits per heavy atom. The molecule has 1 N–H and O–H groups in total. The number of hydrogen-bond acceptors (Lipinski definition) is 7. The number of anilines is 1. The molecular formula is C17H12BrClN4OS2. The molecule has 3 aromatic heterocycles. The summed E-state index contributed by atoms with van der Waals surface area (Å²) >= 11 is 12.6. The molecule has 0 unspecified atom stereocenters. The summed E-state index contributed by atoms with van der Waals surface area (Å²) in [5.74, 6) is 1.54. The lowest BCUT2D eigenvalue weighted by atomic mass is 10.1. The molecule has 0 radical (unpaired) electrons. The Morgan fingerprint density at radius 1 is 1.15 bits per heavy atom. The van der Waals surface area contributed by atoms with Crippen LogP contribution in [0.15, 0.2) is 46.0 Å². The predicted molar refractivity (Wildman–Crippen MR) is 111 cm³/mol. The number of thiophene rings is 1. The van der Waals surface area contributed by atoms with E-state index in [0.717, 1.165) is 38.5 Å². The van der Waals surface area contributed by atoms with Crippen molar-refractivity contribution in [2.75, 3.05) is 11.9 Å². The first kappa shape index (κ1) is 17.7. The van der Waals surface area contributed by atoms with Gasteiger partial charge in [-0.1, -0.05) is 35.1 Å². The quantitative estimate of drug-likeness (QED) is 0.376. The Balaban J connectivity index is 1.36. The van der Waals surface area contributed by atoms with Crippen LogP contribution in [0.5, 0.6) is 10.9 Å². The third-order valence-corrected chi connectivity index (χ3v) is 6.28. The van der Waals surface area contributed by atoms with E-state index < -0.39 is 0 Å². The lowest BCUT2D eigenvalue weighted by molar-refractivity contribution is 0.478. The van der Waals surface area contributed by atoms with Gasteiger partial charge in [0.15, 0.2) is 0 Å². The molecule has 0 fully saturated rings. The molecule has 0 aliphatic heterocycles. The van der Waals surface area contributed by atoms with Crippen molar-refractivity contribution in [3.05, 3.63) is 56.5 Å². The second-order valence-corrected chi connectivity index (χ2v) is 8.98. The highest BCUT2D eigenvalue weighted by Crippen LogP contribution is 2.32. The Hall–Kier alpha value is -1.74. The van der Waals surface area contributed by atoms with Gasteiger partial charge in [-0.3, -0.25) is 0 Å². The SMILES string of the molecule is Clc1csc2ncnc(NCCc3ccc(Oc4ncc(Br)s4)cc3)c12. The van der Waals surface area contributed by atoms with E-state index >= 15 is 0 Å². The fraction of sp³-hybridized carbons (Fsp3) is 0.118. The lowest BCUT2D eigenvalue weighted by Gasteiger charge is -2.08. The van der Waals surface area contributed by atoms with Gasteiger partial charge < -0.3 is 10.1 Å². The van der Waals surface area contributed by atoms with Crippen LogP contribution in [-0.2, 0) is 6.42 Å². The Morgan fingerprint density at radius 2 is 2.00 bits per heavy atom. The normalized spacial score (nSPS) is 11.0. The molecule has 0 spiro atoms. The van der Waals surface area contributed by atoms with Gasteiger partial charge in [-0.2, -0.15) is 0 Å². The van der Waals surface area contributed by atoms with Crippen LogP contribution >= 0.6 is 50.2 Å². The minimum absolute atomic E-state index is 0.617. The molecular weight excluding hydrogens is 456 g/mol. The van der Waals surface area contributed by atoms with Crippen LogP contribution in [0.1, 0.15) is 5.56 Å². The zero-order chi connectivity index (χ0) is 17.9. The number of thiazole rings is 1. The van der Waals surface area contributed by atoms with Crippen LogP contribution in [0, 0.1) is 0 Å². The van der Waals surface area contributed by atoms with E-state index in [1.165, 1.54) is 28.2 Å². The number of rotatable bonds is 6. The highest BCUT2D eigenvalue weighted by Gasteiger charge is 2.09. The fourth-order valence-electron chi connectivity index (χ4n) is 2.41. The number of nitrogens with one attached hydrogen (secondary N) is 1. The van der Waals surface area contributed by atoms with Crippen LogP contribution in [0.2, 0.25) is 5.02 Å². The van der Waals surface area contributed by atoms with Crippen molar-refractivity contribution in [1.29, 1.82) is 0 Å². The van der Waals surface area contributed by atoms with Crippen LogP contribution < -0.4 is 10.1 Å². The standard InChI is InChI=1S/C17H12BrClN4OS2/c18-13-7-21-17(26-13)24-11-3-1-10(2-4-11)5-6-20-15-14-12(19)8-25-16(14)23-9-22-15/h1-4,7-9H,5-6H2,(H,20,22,23). The molecule has 0 aliphatic carbocycles. The number of aromatic nitrogens is 3. The highest BCUT2D eigenvalue weighted by molar-refractivity contribution is 9.11. The molecule has 0 saturated carbocycles.